The predicted octanol–water partition coefficient (Wildman–Crippen LogP) is 2.54. The lowest BCUT2D eigenvalue weighted by atomic mass is 9.94. The Hall–Kier alpha value is -0.570. The summed E-state index contributed by atoms with van der Waals surface area (Å²) in [5, 5.41) is 0. The Kier molecular flexibility index (Phi) is 6.56. The molecule has 3 nitrogen and oxygen atoms in total. The average Bonchev–Trinajstić information content (AvgIpc) is 2.72. The van der Waals surface area contributed by atoms with Crippen molar-refractivity contribution in [3.8, 4) is 0 Å². The molecule has 0 aromatic carbocycles. The third kappa shape index (κ3) is 4.66. The fourth-order valence-corrected chi connectivity index (χ4v) is 2.85. The average molecular weight is 240 g/mol. The number of carbonyl (C=O) groups is 1. The Bertz CT molecular complexity index is 224. The van der Waals surface area contributed by atoms with E-state index in [1.54, 1.807) is 0 Å². The maximum atomic E-state index is 12.1. The van der Waals surface area contributed by atoms with E-state index in [1.165, 1.54) is 25.7 Å². The van der Waals surface area contributed by atoms with Gasteiger partial charge in [0, 0.05) is 19.0 Å². The van der Waals surface area contributed by atoms with Gasteiger partial charge in [-0.1, -0.05) is 19.8 Å². The van der Waals surface area contributed by atoms with Gasteiger partial charge in [-0.2, -0.15) is 0 Å². The van der Waals surface area contributed by atoms with Crippen molar-refractivity contribution in [1.29, 1.82) is 0 Å². The normalized spacial score (nSPS) is 21.8. The molecule has 1 aliphatic rings. The molecule has 1 heterocycles. The van der Waals surface area contributed by atoms with E-state index >= 15 is 0 Å². The van der Waals surface area contributed by atoms with Crippen molar-refractivity contribution >= 4 is 5.91 Å². The summed E-state index contributed by atoms with van der Waals surface area (Å²) >= 11 is 0. The molecule has 17 heavy (non-hydrogen) atoms. The summed E-state index contributed by atoms with van der Waals surface area (Å²) in [5.41, 5.74) is 5.61. The fourth-order valence-electron chi connectivity index (χ4n) is 2.85. The van der Waals surface area contributed by atoms with Gasteiger partial charge in [-0.15, -0.1) is 0 Å². The zero-order valence-corrected chi connectivity index (χ0v) is 11.5. The van der Waals surface area contributed by atoms with Gasteiger partial charge in [0.25, 0.3) is 0 Å². The lowest BCUT2D eigenvalue weighted by Crippen LogP contribution is -2.33. The van der Waals surface area contributed by atoms with E-state index in [0.29, 0.717) is 17.9 Å². The Morgan fingerprint density at radius 2 is 2.18 bits per heavy atom. The molecule has 2 atom stereocenters. The van der Waals surface area contributed by atoms with Gasteiger partial charge in [-0.05, 0) is 45.1 Å². The SMILES string of the molecule is CCCC(CCN)CCC(=O)N1CCCC1C. The van der Waals surface area contributed by atoms with Crippen LogP contribution in [0.5, 0.6) is 0 Å². The van der Waals surface area contributed by atoms with E-state index in [-0.39, 0.29) is 0 Å². The van der Waals surface area contributed by atoms with Gasteiger partial charge in [-0.3, -0.25) is 4.79 Å². The molecule has 1 saturated heterocycles. The Balaban J connectivity index is 2.29. The molecule has 1 fully saturated rings. The highest BCUT2D eigenvalue weighted by Gasteiger charge is 2.24. The quantitative estimate of drug-likeness (QED) is 0.743. The number of amides is 1. The van der Waals surface area contributed by atoms with Crippen LogP contribution in [-0.4, -0.2) is 29.9 Å². The maximum absolute atomic E-state index is 12.1. The van der Waals surface area contributed by atoms with Crippen LogP contribution in [-0.2, 0) is 4.79 Å². The van der Waals surface area contributed by atoms with Crippen molar-refractivity contribution in [1.82, 2.24) is 4.90 Å². The summed E-state index contributed by atoms with van der Waals surface area (Å²) in [6.45, 7) is 6.08. The van der Waals surface area contributed by atoms with Crippen molar-refractivity contribution in [2.75, 3.05) is 13.1 Å². The van der Waals surface area contributed by atoms with Gasteiger partial charge in [0.1, 0.15) is 0 Å². The standard InChI is InChI=1S/C14H28N2O/c1-3-5-13(9-10-15)7-8-14(17)16-11-4-6-12(16)2/h12-13H,3-11,15H2,1-2H3. The van der Waals surface area contributed by atoms with Crippen LogP contribution in [0, 0.1) is 5.92 Å². The molecule has 2 unspecified atom stereocenters. The molecular weight excluding hydrogens is 212 g/mol. The first-order valence-corrected chi connectivity index (χ1v) is 7.18. The first kappa shape index (κ1) is 14.5. The van der Waals surface area contributed by atoms with Crippen molar-refractivity contribution in [2.45, 2.75) is 64.8 Å². The monoisotopic (exact) mass is 240 g/mol. The second-order valence-corrected chi connectivity index (χ2v) is 5.35. The second-order valence-electron chi connectivity index (χ2n) is 5.35. The molecule has 0 aliphatic carbocycles. The summed E-state index contributed by atoms with van der Waals surface area (Å²) in [6.07, 6.45) is 7.55. The van der Waals surface area contributed by atoms with Crippen LogP contribution in [0.4, 0.5) is 0 Å². The molecule has 1 aliphatic heterocycles. The highest BCUT2D eigenvalue weighted by atomic mass is 16.2. The lowest BCUT2D eigenvalue weighted by Gasteiger charge is -2.23. The Morgan fingerprint density at radius 1 is 1.41 bits per heavy atom. The van der Waals surface area contributed by atoms with Gasteiger partial charge in [0.15, 0.2) is 0 Å². The Morgan fingerprint density at radius 3 is 2.71 bits per heavy atom. The molecule has 2 N–H and O–H groups in total. The molecule has 100 valence electrons. The minimum atomic E-state index is 0.355. The molecule has 0 spiro atoms. The zero-order chi connectivity index (χ0) is 12.7. The number of carbonyl (C=O) groups excluding carboxylic acids is 1. The highest BCUT2D eigenvalue weighted by molar-refractivity contribution is 5.76. The molecule has 0 aromatic heterocycles. The topological polar surface area (TPSA) is 46.3 Å². The number of hydrogen-bond donors (Lipinski definition) is 1. The molecule has 0 bridgehead atoms. The minimum Gasteiger partial charge on any atom is -0.340 e. The molecule has 0 aromatic rings. The summed E-state index contributed by atoms with van der Waals surface area (Å²) in [4.78, 5) is 14.1. The Labute approximate surface area is 106 Å². The molecular formula is C14H28N2O. The predicted molar refractivity (Wildman–Crippen MR) is 71.7 cm³/mol. The second kappa shape index (κ2) is 7.70. The minimum absolute atomic E-state index is 0.355. The van der Waals surface area contributed by atoms with E-state index in [4.69, 9.17) is 5.73 Å². The van der Waals surface area contributed by atoms with Crippen LogP contribution >= 0.6 is 0 Å². The summed E-state index contributed by atoms with van der Waals surface area (Å²) in [7, 11) is 0. The molecule has 0 saturated carbocycles. The van der Waals surface area contributed by atoms with Gasteiger partial charge in [0.05, 0.1) is 0 Å². The van der Waals surface area contributed by atoms with Crippen LogP contribution in [0.1, 0.15) is 58.8 Å². The number of nitrogens with zero attached hydrogens (tertiary/aromatic N) is 1. The van der Waals surface area contributed by atoms with Gasteiger partial charge >= 0.3 is 0 Å². The van der Waals surface area contributed by atoms with Gasteiger partial charge < -0.3 is 10.6 Å². The lowest BCUT2D eigenvalue weighted by molar-refractivity contribution is -0.132. The van der Waals surface area contributed by atoms with E-state index in [0.717, 1.165) is 32.4 Å². The van der Waals surface area contributed by atoms with Crippen LogP contribution in [0.2, 0.25) is 0 Å². The van der Waals surface area contributed by atoms with Crippen molar-refractivity contribution < 1.29 is 4.79 Å². The van der Waals surface area contributed by atoms with Crippen LogP contribution in [0.3, 0.4) is 0 Å². The van der Waals surface area contributed by atoms with E-state index in [2.05, 4.69) is 18.7 Å². The van der Waals surface area contributed by atoms with Crippen LogP contribution in [0.15, 0.2) is 0 Å². The van der Waals surface area contributed by atoms with Crippen molar-refractivity contribution in [3.63, 3.8) is 0 Å². The summed E-state index contributed by atoms with van der Waals surface area (Å²) in [5.74, 6) is 1.000. The van der Waals surface area contributed by atoms with Crippen molar-refractivity contribution in [3.05, 3.63) is 0 Å². The first-order valence-electron chi connectivity index (χ1n) is 7.18. The van der Waals surface area contributed by atoms with E-state index < -0.39 is 0 Å². The molecule has 3 heteroatoms. The molecule has 1 amide bonds. The van der Waals surface area contributed by atoms with Gasteiger partial charge in [-0.25, -0.2) is 0 Å². The maximum Gasteiger partial charge on any atom is 0.222 e. The fraction of sp³-hybridized carbons (Fsp3) is 0.929. The zero-order valence-electron chi connectivity index (χ0n) is 11.5. The van der Waals surface area contributed by atoms with E-state index in [1.807, 2.05) is 0 Å². The largest absolute Gasteiger partial charge is 0.340 e. The van der Waals surface area contributed by atoms with Crippen LogP contribution < -0.4 is 5.73 Å². The number of likely N-dealkylation sites (tertiary alicyclic amines) is 1. The first-order chi connectivity index (χ1) is 8.19. The number of rotatable bonds is 7. The van der Waals surface area contributed by atoms with Crippen LogP contribution in [0.25, 0.3) is 0 Å². The molecule has 1 rings (SSSR count). The smallest absolute Gasteiger partial charge is 0.222 e. The highest BCUT2D eigenvalue weighted by Crippen LogP contribution is 2.21. The summed E-state index contributed by atoms with van der Waals surface area (Å²) < 4.78 is 0. The number of hydrogen-bond acceptors (Lipinski definition) is 2. The third-order valence-corrected chi connectivity index (χ3v) is 3.91. The third-order valence-electron chi connectivity index (χ3n) is 3.91. The van der Waals surface area contributed by atoms with E-state index in [9.17, 15) is 4.79 Å². The summed E-state index contributed by atoms with van der Waals surface area (Å²) in [6, 6.07) is 0.460. The van der Waals surface area contributed by atoms with Gasteiger partial charge in [0.2, 0.25) is 5.91 Å². The number of nitrogens with two attached hydrogens (primary N) is 1. The molecule has 0 radical (unpaired) electrons. The van der Waals surface area contributed by atoms with Crippen molar-refractivity contribution in [2.24, 2.45) is 11.7 Å².